The van der Waals surface area contributed by atoms with Gasteiger partial charge in [0, 0.05) is 56.1 Å². The molecule has 10 nitrogen and oxygen atoms in total. The second kappa shape index (κ2) is 11.3. The highest BCUT2D eigenvalue weighted by Gasteiger charge is 2.33. The summed E-state index contributed by atoms with van der Waals surface area (Å²) in [6.45, 7) is 5.11. The summed E-state index contributed by atoms with van der Waals surface area (Å²) in [5, 5.41) is 7.64. The summed E-state index contributed by atoms with van der Waals surface area (Å²) in [4.78, 5) is 20.3. The van der Waals surface area contributed by atoms with Gasteiger partial charge < -0.3 is 10.1 Å². The van der Waals surface area contributed by atoms with Gasteiger partial charge in [-0.3, -0.25) is 18.9 Å². The van der Waals surface area contributed by atoms with Crippen LogP contribution in [0.5, 0.6) is 5.75 Å². The third-order valence-electron chi connectivity index (χ3n) is 7.87. The zero-order valence-corrected chi connectivity index (χ0v) is 25.1. The highest BCUT2D eigenvalue weighted by Crippen LogP contribution is 2.34. The molecule has 0 unspecified atom stereocenters. The van der Waals surface area contributed by atoms with Crippen LogP contribution in [0, 0.1) is 0 Å². The van der Waals surface area contributed by atoms with E-state index in [9.17, 15) is 26.4 Å². The predicted molar refractivity (Wildman–Crippen MR) is 156 cm³/mol. The molecule has 0 saturated carbocycles. The molecule has 1 aromatic carbocycles. The lowest BCUT2D eigenvalue weighted by atomic mass is 9.92. The molecule has 1 aliphatic rings. The van der Waals surface area contributed by atoms with Crippen LogP contribution in [0.2, 0.25) is 0 Å². The Morgan fingerprint density at radius 3 is 2.35 bits per heavy atom. The average Bonchev–Trinajstić information content (AvgIpc) is 3.53. The van der Waals surface area contributed by atoms with E-state index >= 15 is 0 Å². The fourth-order valence-corrected chi connectivity index (χ4v) is 6.63. The molecule has 0 spiro atoms. The number of carbonyl (C=O) groups excluding carboxylic acids is 1. The molecule has 230 valence electrons. The maximum Gasteiger partial charge on any atom is 0.573 e. The fourth-order valence-electron chi connectivity index (χ4n) is 5.43. The Labute approximate surface area is 247 Å². The zero-order valence-electron chi connectivity index (χ0n) is 24.3. The SMILES string of the molecule is CNC(=O)c1cc(-c2ccc(OC(F)(F)F)cc2)nc2c1c(CCC(C)(C)N1CCS(=O)(=O)CC1)cn2-c1cnn(C)c1. The lowest BCUT2D eigenvalue weighted by Crippen LogP contribution is -2.51. The van der Waals surface area contributed by atoms with Gasteiger partial charge in [0.15, 0.2) is 9.84 Å². The van der Waals surface area contributed by atoms with Crippen LogP contribution in [0.1, 0.15) is 36.2 Å². The van der Waals surface area contributed by atoms with Gasteiger partial charge >= 0.3 is 6.36 Å². The van der Waals surface area contributed by atoms with E-state index in [-0.39, 0.29) is 28.7 Å². The quantitative estimate of drug-likeness (QED) is 0.316. The fraction of sp³-hybridized carbons (Fsp3) is 0.414. The molecule has 3 aromatic heterocycles. The van der Waals surface area contributed by atoms with E-state index in [1.165, 1.54) is 31.3 Å². The third-order valence-corrected chi connectivity index (χ3v) is 9.48. The summed E-state index contributed by atoms with van der Waals surface area (Å²) >= 11 is 0. The van der Waals surface area contributed by atoms with E-state index in [1.807, 2.05) is 17.0 Å². The van der Waals surface area contributed by atoms with Crippen molar-refractivity contribution in [1.29, 1.82) is 0 Å². The molecule has 0 aliphatic carbocycles. The van der Waals surface area contributed by atoms with E-state index in [0.717, 1.165) is 11.3 Å². The topological polar surface area (TPSA) is 111 Å². The first-order valence-corrected chi connectivity index (χ1v) is 15.6. The largest absolute Gasteiger partial charge is 0.573 e. The van der Waals surface area contributed by atoms with Crippen molar-refractivity contribution in [3.05, 3.63) is 60.0 Å². The van der Waals surface area contributed by atoms with Crippen LogP contribution in [0.3, 0.4) is 0 Å². The molecule has 1 fully saturated rings. The number of fused-ring (bicyclic) bond motifs is 1. The lowest BCUT2D eigenvalue weighted by Gasteiger charge is -2.41. The molecule has 14 heteroatoms. The number of benzene rings is 1. The van der Waals surface area contributed by atoms with Crippen LogP contribution >= 0.6 is 0 Å². The standard InChI is InChI=1S/C29H33F3N6O4S/c1-28(2,37-11-13-43(40,41)14-12-37)10-9-20-17-38(21-16-34-36(4)18-21)26-25(20)23(27(39)33-3)15-24(35-26)19-5-7-22(8-6-19)42-29(30,31)32/h5-8,15-18H,9-14H2,1-4H3,(H,33,39). The molecule has 4 aromatic rings. The summed E-state index contributed by atoms with van der Waals surface area (Å²) < 4.78 is 69.5. The average molecular weight is 619 g/mol. The van der Waals surface area contributed by atoms with Gasteiger partial charge in [0.2, 0.25) is 0 Å². The van der Waals surface area contributed by atoms with E-state index < -0.39 is 16.2 Å². The van der Waals surface area contributed by atoms with E-state index in [0.29, 0.717) is 53.8 Å². The first kappa shape index (κ1) is 30.5. The number of aromatic nitrogens is 4. The first-order chi connectivity index (χ1) is 20.2. The number of nitrogens with zero attached hydrogens (tertiary/aromatic N) is 5. The molecule has 0 bridgehead atoms. The summed E-state index contributed by atoms with van der Waals surface area (Å²) in [5.74, 6) is -0.434. The molecule has 1 aliphatic heterocycles. The Morgan fingerprint density at radius 1 is 1.09 bits per heavy atom. The van der Waals surface area contributed by atoms with Crippen molar-refractivity contribution in [2.45, 2.75) is 38.6 Å². The van der Waals surface area contributed by atoms with E-state index in [2.05, 4.69) is 33.9 Å². The van der Waals surface area contributed by atoms with Crippen molar-refractivity contribution >= 4 is 26.8 Å². The van der Waals surface area contributed by atoms with Crippen molar-refractivity contribution in [1.82, 2.24) is 29.5 Å². The minimum atomic E-state index is -4.81. The molecule has 43 heavy (non-hydrogen) atoms. The van der Waals surface area contributed by atoms with Gasteiger partial charge in [0.1, 0.15) is 11.4 Å². The number of pyridine rings is 1. The number of hydrogen-bond acceptors (Lipinski definition) is 7. The molecule has 4 heterocycles. The maximum absolute atomic E-state index is 13.3. The van der Waals surface area contributed by atoms with Gasteiger partial charge in [0.05, 0.1) is 34.6 Å². The Bertz CT molecular complexity index is 1750. The summed E-state index contributed by atoms with van der Waals surface area (Å²) in [5.41, 5.74) is 3.06. The molecule has 1 amide bonds. The van der Waals surface area contributed by atoms with Crippen molar-refractivity contribution < 1.29 is 31.1 Å². The molecule has 1 N–H and O–H groups in total. The summed E-state index contributed by atoms with van der Waals surface area (Å²) in [7, 11) is 0.304. The summed E-state index contributed by atoms with van der Waals surface area (Å²) in [6, 6.07) is 6.96. The molecule has 0 atom stereocenters. The van der Waals surface area contributed by atoms with Crippen molar-refractivity contribution in [2.24, 2.45) is 7.05 Å². The van der Waals surface area contributed by atoms with Crippen LogP contribution in [0.4, 0.5) is 13.2 Å². The number of hydrogen-bond donors (Lipinski definition) is 1. The number of halogens is 3. The second-order valence-electron chi connectivity index (χ2n) is 11.3. The second-order valence-corrected chi connectivity index (χ2v) is 13.6. The van der Waals surface area contributed by atoms with Gasteiger partial charge in [-0.2, -0.15) is 5.10 Å². The lowest BCUT2D eigenvalue weighted by molar-refractivity contribution is -0.274. The Hall–Kier alpha value is -3.91. The smallest absolute Gasteiger partial charge is 0.406 e. The number of ether oxygens (including phenoxy) is 1. The number of amides is 1. The third kappa shape index (κ3) is 6.69. The highest BCUT2D eigenvalue weighted by molar-refractivity contribution is 7.91. The predicted octanol–water partition coefficient (Wildman–Crippen LogP) is 4.13. The Kier molecular flexibility index (Phi) is 8.03. The summed E-state index contributed by atoms with van der Waals surface area (Å²) in [6.07, 6.45) is 1.88. The molecule has 0 radical (unpaired) electrons. The van der Waals surface area contributed by atoms with E-state index in [1.54, 1.807) is 24.0 Å². The Balaban J connectivity index is 1.58. The van der Waals surface area contributed by atoms with Crippen LogP contribution in [-0.4, -0.2) is 82.1 Å². The first-order valence-electron chi connectivity index (χ1n) is 13.7. The number of alkyl halides is 3. The van der Waals surface area contributed by atoms with Gasteiger partial charge in [-0.05, 0) is 62.6 Å². The number of rotatable bonds is 8. The van der Waals surface area contributed by atoms with Crippen LogP contribution in [0.25, 0.3) is 28.0 Å². The zero-order chi connectivity index (χ0) is 31.2. The highest BCUT2D eigenvalue weighted by atomic mass is 32.2. The number of nitrogens with one attached hydrogen (secondary N) is 1. The van der Waals surface area contributed by atoms with Crippen LogP contribution in [0.15, 0.2) is 48.9 Å². The number of sulfone groups is 1. The normalized spacial score (nSPS) is 16.0. The minimum Gasteiger partial charge on any atom is -0.406 e. The van der Waals surface area contributed by atoms with Crippen molar-refractivity contribution in [3.63, 3.8) is 0 Å². The molecule has 5 rings (SSSR count). The van der Waals surface area contributed by atoms with Gasteiger partial charge in [-0.15, -0.1) is 13.2 Å². The number of aryl methyl sites for hydroxylation is 2. The van der Waals surface area contributed by atoms with E-state index in [4.69, 9.17) is 4.98 Å². The molecular weight excluding hydrogens is 585 g/mol. The maximum atomic E-state index is 13.3. The number of carbonyl (C=O) groups is 1. The van der Waals surface area contributed by atoms with Gasteiger partial charge in [-0.25, -0.2) is 13.4 Å². The van der Waals surface area contributed by atoms with Crippen LogP contribution < -0.4 is 10.1 Å². The minimum absolute atomic E-state index is 0.133. The van der Waals surface area contributed by atoms with Crippen molar-refractivity contribution in [3.8, 4) is 22.7 Å². The molecular formula is C29H33F3N6O4S. The monoisotopic (exact) mass is 618 g/mol. The molecule has 1 saturated heterocycles. The Morgan fingerprint density at radius 2 is 1.77 bits per heavy atom. The van der Waals surface area contributed by atoms with Crippen molar-refractivity contribution in [2.75, 3.05) is 31.6 Å². The van der Waals surface area contributed by atoms with Gasteiger partial charge in [-0.1, -0.05) is 0 Å². The van der Waals surface area contributed by atoms with Crippen LogP contribution in [-0.2, 0) is 23.3 Å². The van der Waals surface area contributed by atoms with Gasteiger partial charge in [0.25, 0.3) is 5.91 Å².